The largest absolute Gasteiger partial charge is 0.385 e. The summed E-state index contributed by atoms with van der Waals surface area (Å²) in [5.74, 6) is 0.635. The molecule has 0 saturated heterocycles. The van der Waals surface area contributed by atoms with E-state index in [1.807, 2.05) is 18.2 Å². The van der Waals surface area contributed by atoms with Crippen LogP contribution in [0.15, 0.2) is 35.3 Å². The third-order valence-electron chi connectivity index (χ3n) is 1.73. The van der Waals surface area contributed by atoms with Crippen molar-refractivity contribution in [1.82, 2.24) is 10.6 Å². The normalized spacial score (nSPS) is 27.4. The Kier molecular flexibility index (Phi) is 1.16. The highest BCUT2D eigenvalue weighted by Crippen LogP contribution is 2.19. The van der Waals surface area contributed by atoms with Gasteiger partial charge < -0.3 is 16.4 Å². The topological polar surface area (TPSA) is 76.1 Å². The molecular formula is C7H10N4. The standard InChI is InChI=1S/C7H10N4/c8-6-4-2-1-3-5(4)10-7(9)11-6/h1-3,7,10-11H,8-9H2. The first-order chi connectivity index (χ1) is 5.27. The zero-order valence-corrected chi connectivity index (χ0v) is 5.96. The summed E-state index contributed by atoms with van der Waals surface area (Å²) in [6, 6.07) is 0. The first-order valence-corrected chi connectivity index (χ1v) is 3.44. The molecule has 0 saturated carbocycles. The Labute approximate surface area is 64.6 Å². The van der Waals surface area contributed by atoms with Crippen LogP contribution in [0.2, 0.25) is 0 Å². The van der Waals surface area contributed by atoms with E-state index in [0.29, 0.717) is 5.82 Å². The Hall–Kier alpha value is -1.42. The third kappa shape index (κ3) is 0.877. The average molecular weight is 150 g/mol. The third-order valence-corrected chi connectivity index (χ3v) is 1.73. The molecule has 1 aliphatic carbocycles. The average Bonchev–Trinajstić information content (AvgIpc) is 2.34. The number of hydrogen-bond acceptors (Lipinski definition) is 4. The molecular weight excluding hydrogens is 140 g/mol. The van der Waals surface area contributed by atoms with Crippen molar-refractivity contribution in [3.8, 4) is 0 Å². The number of allylic oxidation sites excluding steroid dienone is 3. The van der Waals surface area contributed by atoms with Crippen molar-refractivity contribution in [1.29, 1.82) is 0 Å². The fourth-order valence-electron chi connectivity index (χ4n) is 1.23. The van der Waals surface area contributed by atoms with Crippen molar-refractivity contribution < 1.29 is 0 Å². The summed E-state index contributed by atoms with van der Waals surface area (Å²) in [5.41, 5.74) is 13.2. The van der Waals surface area contributed by atoms with E-state index < -0.39 is 0 Å². The predicted octanol–water partition coefficient (Wildman–Crippen LogP) is -0.954. The lowest BCUT2D eigenvalue weighted by Gasteiger charge is -2.26. The molecule has 2 rings (SSSR count). The minimum absolute atomic E-state index is 0.273. The quantitative estimate of drug-likeness (QED) is 0.359. The molecule has 6 N–H and O–H groups in total. The van der Waals surface area contributed by atoms with Crippen LogP contribution in [-0.2, 0) is 0 Å². The summed E-state index contributed by atoms with van der Waals surface area (Å²) in [4.78, 5) is 0. The molecule has 0 spiro atoms. The van der Waals surface area contributed by atoms with Gasteiger partial charge in [-0.05, 0) is 12.2 Å². The molecule has 4 nitrogen and oxygen atoms in total. The van der Waals surface area contributed by atoms with E-state index in [-0.39, 0.29) is 6.29 Å². The van der Waals surface area contributed by atoms with Crippen molar-refractivity contribution in [3.63, 3.8) is 0 Å². The maximum absolute atomic E-state index is 5.67. The van der Waals surface area contributed by atoms with Gasteiger partial charge in [-0.3, -0.25) is 5.73 Å². The van der Waals surface area contributed by atoms with Crippen LogP contribution in [-0.4, -0.2) is 6.29 Å². The van der Waals surface area contributed by atoms with Gasteiger partial charge in [-0.15, -0.1) is 0 Å². The van der Waals surface area contributed by atoms with E-state index in [2.05, 4.69) is 10.6 Å². The Morgan fingerprint density at radius 3 is 3.00 bits per heavy atom. The van der Waals surface area contributed by atoms with E-state index >= 15 is 0 Å². The highest BCUT2D eigenvalue weighted by molar-refractivity contribution is 5.50. The van der Waals surface area contributed by atoms with Crippen LogP contribution in [0.25, 0.3) is 0 Å². The van der Waals surface area contributed by atoms with E-state index in [0.717, 1.165) is 11.3 Å². The molecule has 0 radical (unpaired) electrons. The van der Waals surface area contributed by atoms with E-state index in [1.165, 1.54) is 0 Å². The minimum Gasteiger partial charge on any atom is -0.385 e. The fourth-order valence-corrected chi connectivity index (χ4v) is 1.23. The molecule has 11 heavy (non-hydrogen) atoms. The van der Waals surface area contributed by atoms with E-state index in [1.54, 1.807) is 0 Å². The first-order valence-electron chi connectivity index (χ1n) is 3.44. The molecule has 1 unspecified atom stereocenters. The number of fused-ring (bicyclic) bond motifs is 1. The van der Waals surface area contributed by atoms with E-state index in [9.17, 15) is 0 Å². The molecule has 58 valence electrons. The van der Waals surface area contributed by atoms with Crippen LogP contribution in [0, 0.1) is 0 Å². The van der Waals surface area contributed by atoms with Crippen molar-refractivity contribution in [3.05, 3.63) is 35.3 Å². The van der Waals surface area contributed by atoms with E-state index in [4.69, 9.17) is 11.5 Å². The van der Waals surface area contributed by atoms with Gasteiger partial charge in [0.05, 0.1) is 0 Å². The number of rotatable bonds is 0. The van der Waals surface area contributed by atoms with Gasteiger partial charge in [-0.25, -0.2) is 0 Å². The van der Waals surface area contributed by atoms with Gasteiger partial charge in [0.25, 0.3) is 0 Å². The van der Waals surface area contributed by atoms with Crippen molar-refractivity contribution in [2.45, 2.75) is 6.29 Å². The van der Waals surface area contributed by atoms with Gasteiger partial charge in [-0.1, -0.05) is 6.08 Å². The van der Waals surface area contributed by atoms with Crippen molar-refractivity contribution in [2.24, 2.45) is 11.5 Å². The molecule has 0 amide bonds. The highest BCUT2D eigenvalue weighted by atomic mass is 15.3. The van der Waals surface area contributed by atoms with Crippen LogP contribution in [0.1, 0.15) is 0 Å². The molecule has 0 aromatic heterocycles. The molecule has 0 aromatic carbocycles. The summed E-state index contributed by atoms with van der Waals surface area (Å²) in [6.45, 7) is 0. The monoisotopic (exact) mass is 150 g/mol. The zero-order valence-electron chi connectivity index (χ0n) is 5.96. The van der Waals surface area contributed by atoms with Crippen molar-refractivity contribution >= 4 is 0 Å². The van der Waals surface area contributed by atoms with Crippen LogP contribution in [0.3, 0.4) is 0 Å². The summed E-state index contributed by atoms with van der Waals surface area (Å²) < 4.78 is 0. The summed E-state index contributed by atoms with van der Waals surface area (Å²) >= 11 is 0. The second-order valence-corrected chi connectivity index (χ2v) is 2.53. The molecule has 1 heterocycles. The molecule has 0 bridgehead atoms. The fraction of sp³-hybridized carbons (Fsp3) is 0.143. The number of nitrogens with two attached hydrogens (primary N) is 2. The maximum atomic E-state index is 5.67. The summed E-state index contributed by atoms with van der Waals surface area (Å²) in [5, 5.41) is 5.92. The molecule has 1 atom stereocenters. The second kappa shape index (κ2) is 2.03. The Morgan fingerprint density at radius 1 is 1.36 bits per heavy atom. The van der Waals surface area contributed by atoms with Gasteiger partial charge in [0.1, 0.15) is 5.82 Å². The van der Waals surface area contributed by atoms with Gasteiger partial charge >= 0.3 is 0 Å². The van der Waals surface area contributed by atoms with Gasteiger partial charge in [-0.2, -0.15) is 0 Å². The lowest BCUT2D eigenvalue weighted by Crippen LogP contribution is -2.53. The lowest BCUT2D eigenvalue weighted by molar-refractivity contribution is 0.499. The maximum Gasteiger partial charge on any atom is 0.151 e. The van der Waals surface area contributed by atoms with Gasteiger partial charge in [0, 0.05) is 11.3 Å². The van der Waals surface area contributed by atoms with Crippen LogP contribution >= 0.6 is 0 Å². The van der Waals surface area contributed by atoms with Crippen LogP contribution in [0.5, 0.6) is 0 Å². The molecule has 2 aliphatic rings. The Morgan fingerprint density at radius 2 is 2.18 bits per heavy atom. The summed E-state index contributed by atoms with van der Waals surface area (Å²) in [7, 11) is 0. The highest BCUT2D eigenvalue weighted by Gasteiger charge is 2.18. The second-order valence-electron chi connectivity index (χ2n) is 2.53. The Balaban J connectivity index is 2.40. The number of nitrogens with one attached hydrogen (secondary N) is 2. The van der Waals surface area contributed by atoms with Gasteiger partial charge in [0.15, 0.2) is 6.29 Å². The SMILES string of the molecule is NC1=C2C=CC=C2NC(N)N1. The van der Waals surface area contributed by atoms with Crippen LogP contribution < -0.4 is 22.1 Å². The molecule has 4 heteroatoms. The van der Waals surface area contributed by atoms with Crippen LogP contribution in [0.4, 0.5) is 0 Å². The smallest absolute Gasteiger partial charge is 0.151 e. The number of hydrogen-bond donors (Lipinski definition) is 4. The molecule has 0 fully saturated rings. The predicted molar refractivity (Wildman–Crippen MR) is 42.7 cm³/mol. The Bertz CT molecular complexity index is 274. The first kappa shape index (κ1) is 6.30. The molecule has 1 aliphatic heterocycles. The lowest BCUT2D eigenvalue weighted by atomic mass is 10.2. The minimum atomic E-state index is -0.273. The zero-order chi connectivity index (χ0) is 7.84. The van der Waals surface area contributed by atoms with Gasteiger partial charge in [0.2, 0.25) is 0 Å². The summed E-state index contributed by atoms with van der Waals surface area (Å²) in [6.07, 6.45) is 5.55. The molecule has 0 aromatic rings. The van der Waals surface area contributed by atoms with Crippen molar-refractivity contribution in [2.75, 3.05) is 0 Å².